The van der Waals surface area contributed by atoms with Crippen molar-refractivity contribution in [3.05, 3.63) is 76.3 Å². The Labute approximate surface area is 223 Å². The molecule has 1 aliphatic heterocycles. The summed E-state index contributed by atoms with van der Waals surface area (Å²) in [5.41, 5.74) is 1.81. The number of fused-ring (bicyclic) bond motifs is 1. The molecule has 6 nitrogen and oxygen atoms in total. The molecular formula is C28H34BrN3O3S. The number of nitrogens with zero attached hydrogens (tertiary/aromatic N) is 3. The highest BCUT2D eigenvalue weighted by Gasteiger charge is 2.30. The minimum atomic E-state index is -3.63. The van der Waals surface area contributed by atoms with Gasteiger partial charge in [0.1, 0.15) is 0 Å². The lowest BCUT2D eigenvalue weighted by Crippen LogP contribution is -2.50. The minimum absolute atomic E-state index is 0.0561. The van der Waals surface area contributed by atoms with E-state index in [1.807, 2.05) is 48.5 Å². The van der Waals surface area contributed by atoms with Gasteiger partial charge in [-0.05, 0) is 80.4 Å². The topological polar surface area (TPSA) is 60.9 Å². The number of carbonyl (C=O) groups excluding carboxylic acids is 1. The van der Waals surface area contributed by atoms with Crippen molar-refractivity contribution in [3.8, 4) is 0 Å². The maximum absolute atomic E-state index is 13.3. The molecule has 0 unspecified atom stereocenters. The number of sulfonamides is 1. The monoisotopic (exact) mass is 571 g/mol. The first-order chi connectivity index (χ1) is 17.1. The standard InChI is InChI=1S/C28H34BrN3O3S/c1-20(2)32(21(3)4)19-22-5-7-23(8-6-22)28(33)30-13-15-31(16-14-30)36(34,35)27-12-10-24-17-26(29)11-9-25(24)18-27/h5-12,17-18,20-21H,13-16,19H2,1-4H3. The summed E-state index contributed by atoms with van der Waals surface area (Å²) in [6, 6.07) is 19.7. The van der Waals surface area contributed by atoms with Gasteiger partial charge in [0.25, 0.3) is 5.91 Å². The van der Waals surface area contributed by atoms with Gasteiger partial charge in [0.15, 0.2) is 0 Å². The average Bonchev–Trinajstić information content (AvgIpc) is 2.86. The Morgan fingerprint density at radius 1 is 0.861 bits per heavy atom. The number of benzene rings is 3. The smallest absolute Gasteiger partial charge is 0.253 e. The molecule has 0 saturated carbocycles. The zero-order valence-electron chi connectivity index (χ0n) is 21.3. The van der Waals surface area contributed by atoms with Gasteiger partial charge in [0.2, 0.25) is 10.0 Å². The normalized spacial score (nSPS) is 15.4. The van der Waals surface area contributed by atoms with Crippen LogP contribution in [0.15, 0.2) is 70.0 Å². The Kier molecular flexibility index (Phi) is 8.19. The lowest BCUT2D eigenvalue weighted by atomic mass is 10.1. The number of carbonyl (C=O) groups is 1. The minimum Gasteiger partial charge on any atom is -0.336 e. The molecule has 0 N–H and O–H groups in total. The molecule has 0 bridgehead atoms. The summed E-state index contributed by atoms with van der Waals surface area (Å²) in [6.07, 6.45) is 0. The van der Waals surface area contributed by atoms with Crippen molar-refractivity contribution in [2.75, 3.05) is 26.2 Å². The zero-order valence-corrected chi connectivity index (χ0v) is 23.7. The van der Waals surface area contributed by atoms with E-state index in [2.05, 4.69) is 48.5 Å². The summed E-state index contributed by atoms with van der Waals surface area (Å²) in [5, 5.41) is 1.85. The Morgan fingerprint density at radius 3 is 2.06 bits per heavy atom. The lowest BCUT2D eigenvalue weighted by molar-refractivity contribution is 0.0698. The fourth-order valence-electron chi connectivity index (χ4n) is 4.74. The number of hydrogen-bond acceptors (Lipinski definition) is 4. The van der Waals surface area contributed by atoms with Crippen molar-refractivity contribution < 1.29 is 13.2 Å². The van der Waals surface area contributed by atoms with E-state index >= 15 is 0 Å². The molecule has 3 aromatic rings. The van der Waals surface area contributed by atoms with E-state index in [0.717, 1.165) is 21.8 Å². The molecule has 1 amide bonds. The summed E-state index contributed by atoms with van der Waals surface area (Å²) in [4.78, 5) is 17.5. The molecule has 4 rings (SSSR count). The van der Waals surface area contributed by atoms with Crippen LogP contribution in [0.4, 0.5) is 0 Å². The number of halogens is 1. The van der Waals surface area contributed by atoms with E-state index in [-0.39, 0.29) is 23.9 Å². The second-order valence-electron chi connectivity index (χ2n) is 9.91. The Hall–Kier alpha value is -2.26. The maximum atomic E-state index is 13.3. The van der Waals surface area contributed by atoms with Gasteiger partial charge in [-0.2, -0.15) is 4.31 Å². The number of amides is 1. The van der Waals surface area contributed by atoms with Crippen LogP contribution in [-0.2, 0) is 16.6 Å². The number of rotatable bonds is 7. The molecule has 0 aliphatic carbocycles. The summed E-state index contributed by atoms with van der Waals surface area (Å²) < 4.78 is 29.0. The first-order valence-corrected chi connectivity index (χ1v) is 14.6. The van der Waals surface area contributed by atoms with Crippen LogP contribution >= 0.6 is 15.9 Å². The molecule has 0 atom stereocenters. The molecule has 1 aliphatic rings. The van der Waals surface area contributed by atoms with Crippen LogP contribution in [0.2, 0.25) is 0 Å². The van der Waals surface area contributed by atoms with Crippen LogP contribution in [0.1, 0.15) is 43.6 Å². The van der Waals surface area contributed by atoms with Gasteiger partial charge in [-0.3, -0.25) is 9.69 Å². The highest BCUT2D eigenvalue weighted by atomic mass is 79.9. The molecule has 1 heterocycles. The first kappa shape index (κ1) is 26.8. The molecule has 1 fully saturated rings. The lowest BCUT2D eigenvalue weighted by Gasteiger charge is -2.34. The van der Waals surface area contributed by atoms with Gasteiger partial charge in [-0.1, -0.05) is 40.2 Å². The molecule has 1 saturated heterocycles. The molecule has 0 radical (unpaired) electrons. The van der Waals surface area contributed by atoms with Gasteiger partial charge in [0.05, 0.1) is 4.90 Å². The molecule has 36 heavy (non-hydrogen) atoms. The van der Waals surface area contributed by atoms with Gasteiger partial charge in [-0.25, -0.2) is 8.42 Å². The first-order valence-electron chi connectivity index (χ1n) is 12.4. The molecule has 8 heteroatoms. The summed E-state index contributed by atoms with van der Waals surface area (Å²) in [6.45, 7) is 10.9. The quantitative estimate of drug-likeness (QED) is 0.382. The molecule has 3 aromatic carbocycles. The van der Waals surface area contributed by atoms with Gasteiger partial charge in [-0.15, -0.1) is 0 Å². The van der Waals surface area contributed by atoms with Crippen LogP contribution in [-0.4, -0.2) is 66.7 Å². The Morgan fingerprint density at radius 2 is 1.44 bits per heavy atom. The van der Waals surface area contributed by atoms with Crippen molar-refractivity contribution in [1.29, 1.82) is 0 Å². The second-order valence-corrected chi connectivity index (χ2v) is 12.8. The van der Waals surface area contributed by atoms with Crippen LogP contribution in [0.25, 0.3) is 10.8 Å². The van der Waals surface area contributed by atoms with E-state index in [4.69, 9.17) is 0 Å². The second kappa shape index (κ2) is 11.0. The van der Waals surface area contributed by atoms with E-state index in [1.54, 1.807) is 17.0 Å². The molecule has 0 spiro atoms. The fourth-order valence-corrected chi connectivity index (χ4v) is 6.58. The Balaban J connectivity index is 1.39. The largest absolute Gasteiger partial charge is 0.336 e. The van der Waals surface area contributed by atoms with Crippen molar-refractivity contribution in [2.45, 2.75) is 51.2 Å². The highest BCUT2D eigenvalue weighted by Crippen LogP contribution is 2.25. The predicted molar refractivity (Wildman–Crippen MR) is 149 cm³/mol. The van der Waals surface area contributed by atoms with E-state index in [1.165, 1.54) is 9.87 Å². The van der Waals surface area contributed by atoms with Gasteiger partial charge in [0, 0.05) is 54.8 Å². The summed E-state index contributed by atoms with van der Waals surface area (Å²) >= 11 is 3.45. The summed E-state index contributed by atoms with van der Waals surface area (Å²) in [5.74, 6) is -0.0561. The van der Waals surface area contributed by atoms with Crippen molar-refractivity contribution in [1.82, 2.24) is 14.1 Å². The van der Waals surface area contributed by atoms with Gasteiger partial charge >= 0.3 is 0 Å². The number of piperazine rings is 1. The molecule has 192 valence electrons. The fraction of sp³-hybridized carbons (Fsp3) is 0.393. The predicted octanol–water partition coefficient (Wildman–Crippen LogP) is 5.37. The zero-order chi connectivity index (χ0) is 26.0. The van der Waals surface area contributed by atoms with Gasteiger partial charge < -0.3 is 4.90 Å². The van der Waals surface area contributed by atoms with Crippen LogP contribution in [0, 0.1) is 0 Å². The van der Waals surface area contributed by atoms with Crippen molar-refractivity contribution in [3.63, 3.8) is 0 Å². The summed E-state index contributed by atoms with van der Waals surface area (Å²) in [7, 11) is -3.63. The van der Waals surface area contributed by atoms with Crippen molar-refractivity contribution in [2.24, 2.45) is 0 Å². The van der Waals surface area contributed by atoms with Crippen LogP contribution in [0.5, 0.6) is 0 Å². The van der Waals surface area contributed by atoms with E-state index in [9.17, 15) is 13.2 Å². The van der Waals surface area contributed by atoms with Crippen molar-refractivity contribution >= 4 is 42.6 Å². The maximum Gasteiger partial charge on any atom is 0.253 e. The van der Waals surface area contributed by atoms with E-state index < -0.39 is 10.0 Å². The van der Waals surface area contributed by atoms with Crippen LogP contribution < -0.4 is 0 Å². The van der Waals surface area contributed by atoms with Crippen LogP contribution in [0.3, 0.4) is 0 Å². The highest BCUT2D eigenvalue weighted by molar-refractivity contribution is 9.10. The third-order valence-corrected chi connectivity index (χ3v) is 9.22. The number of hydrogen-bond donors (Lipinski definition) is 0. The SMILES string of the molecule is CC(C)N(Cc1ccc(C(=O)N2CCN(S(=O)(=O)c3ccc4cc(Br)ccc4c3)CC2)cc1)C(C)C. The third kappa shape index (κ3) is 5.83. The molecular weight excluding hydrogens is 538 g/mol. The average molecular weight is 573 g/mol. The molecule has 0 aromatic heterocycles. The Bertz CT molecular complexity index is 1320. The third-order valence-electron chi connectivity index (χ3n) is 6.83. The van der Waals surface area contributed by atoms with E-state index in [0.29, 0.717) is 30.7 Å².